The van der Waals surface area contributed by atoms with Gasteiger partial charge >= 0.3 is 0 Å². The summed E-state index contributed by atoms with van der Waals surface area (Å²) in [6.07, 6.45) is 9.61. The second kappa shape index (κ2) is 8.74. The SMILES string of the molecule is CN(C)c1ccc(N[C@@H]2CCCN(C(=O)CCc3ccoc3)CC2)cn1. The molecule has 2 aromatic rings. The number of aromatic nitrogens is 1. The zero-order valence-corrected chi connectivity index (χ0v) is 15.6. The molecule has 0 saturated carbocycles. The summed E-state index contributed by atoms with van der Waals surface area (Å²) in [5, 5.41) is 3.57. The number of anilines is 2. The molecule has 140 valence electrons. The van der Waals surface area contributed by atoms with Gasteiger partial charge < -0.3 is 19.5 Å². The number of furan rings is 1. The number of rotatable bonds is 6. The molecule has 1 atom stereocenters. The fourth-order valence-corrected chi connectivity index (χ4v) is 3.31. The first kappa shape index (κ1) is 18.3. The summed E-state index contributed by atoms with van der Waals surface area (Å²) in [6.45, 7) is 1.66. The van der Waals surface area contributed by atoms with Crippen LogP contribution in [0.4, 0.5) is 11.5 Å². The van der Waals surface area contributed by atoms with Crippen molar-refractivity contribution < 1.29 is 9.21 Å². The van der Waals surface area contributed by atoms with Crippen LogP contribution in [-0.4, -0.2) is 49.0 Å². The molecule has 3 heterocycles. The third-order valence-corrected chi connectivity index (χ3v) is 4.87. The number of carbonyl (C=O) groups is 1. The maximum atomic E-state index is 12.5. The lowest BCUT2D eigenvalue weighted by atomic mass is 10.1. The zero-order chi connectivity index (χ0) is 18.4. The quantitative estimate of drug-likeness (QED) is 0.861. The molecule has 0 bridgehead atoms. The van der Waals surface area contributed by atoms with Gasteiger partial charge in [-0.15, -0.1) is 0 Å². The van der Waals surface area contributed by atoms with Gasteiger partial charge in [-0.3, -0.25) is 4.79 Å². The van der Waals surface area contributed by atoms with Crippen LogP contribution in [0.15, 0.2) is 41.3 Å². The van der Waals surface area contributed by atoms with Crippen LogP contribution in [0, 0.1) is 0 Å². The highest BCUT2D eigenvalue weighted by Gasteiger charge is 2.20. The van der Waals surface area contributed by atoms with Gasteiger partial charge in [-0.25, -0.2) is 4.98 Å². The van der Waals surface area contributed by atoms with Gasteiger partial charge in [0.15, 0.2) is 0 Å². The van der Waals surface area contributed by atoms with E-state index in [4.69, 9.17) is 4.42 Å². The van der Waals surface area contributed by atoms with Crippen LogP contribution in [0.5, 0.6) is 0 Å². The number of amides is 1. The van der Waals surface area contributed by atoms with Gasteiger partial charge in [0.05, 0.1) is 24.4 Å². The molecule has 0 radical (unpaired) electrons. The third-order valence-electron chi connectivity index (χ3n) is 4.87. The molecule has 3 rings (SSSR count). The Labute approximate surface area is 155 Å². The van der Waals surface area contributed by atoms with Crippen molar-refractivity contribution in [2.75, 3.05) is 37.4 Å². The van der Waals surface area contributed by atoms with E-state index in [0.717, 1.165) is 55.8 Å². The summed E-state index contributed by atoms with van der Waals surface area (Å²) in [4.78, 5) is 20.9. The highest BCUT2D eigenvalue weighted by Crippen LogP contribution is 2.19. The number of hydrogen-bond acceptors (Lipinski definition) is 5. The van der Waals surface area contributed by atoms with Gasteiger partial charge in [-0.1, -0.05) is 0 Å². The standard InChI is InChI=1S/C20H28N4O2/c1-23(2)19-7-6-18(14-21-19)22-17-4-3-11-24(12-9-17)20(25)8-5-16-10-13-26-15-16/h6-7,10,13-15,17,22H,3-5,8-9,11-12H2,1-2H3/t17-/m1/s1. The van der Waals surface area contributed by atoms with Gasteiger partial charge in [-0.2, -0.15) is 0 Å². The molecule has 1 aliphatic heterocycles. The zero-order valence-electron chi connectivity index (χ0n) is 15.6. The Morgan fingerprint density at radius 1 is 1.31 bits per heavy atom. The summed E-state index contributed by atoms with van der Waals surface area (Å²) in [5.74, 6) is 1.19. The molecule has 1 saturated heterocycles. The molecule has 2 aromatic heterocycles. The topological polar surface area (TPSA) is 61.6 Å². The average Bonchev–Trinajstić information content (AvgIpc) is 3.05. The molecule has 6 nitrogen and oxygen atoms in total. The summed E-state index contributed by atoms with van der Waals surface area (Å²) < 4.78 is 5.06. The Bertz CT molecular complexity index is 682. The second-order valence-electron chi connectivity index (χ2n) is 7.08. The van der Waals surface area contributed by atoms with Gasteiger partial charge in [0.1, 0.15) is 5.82 Å². The minimum atomic E-state index is 0.240. The van der Waals surface area contributed by atoms with E-state index in [1.165, 1.54) is 0 Å². The fourth-order valence-electron chi connectivity index (χ4n) is 3.31. The molecule has 1 amide bonds. The van der Waals surface area contributed by atoms with Gasteiger partial charge in [0, 0.05) is 39.6 Å². The van der Waals surface area contributed by atoms with Crippen LogP contribution in [0.1, 0.15) is 31.2 Å². The molecule has 0 spiro atoms. The van der Waals surface area contributed by atoms with E-state index in [9.17, 15) is 4.79 Å². The van der Waals surface area contributed by atoms with Crippen molar-refractivity contribution in [2.45, 2.75) is 38.1 Å². The molecule has 1 aliphatic rings. The summed E-state index contributed by atoms with van der Waals surface area (Å²) in [6, 6.07) is 6.39. The van der Waals surface area contributed by atoms with E-state index < -0.39 is 0 Å². The minimum absolute atomic E-state index is 0.240. The Morgan fingerprint density at radius 3 is 2.88 bits per heavy atom. The van der Waals surface area contributed by atoms with Gasteiger partial charge in [0.25, 0.3) is 0 Å². The lowest BCUT2D eigenvalue weighted by Gasteiger charge is -2.21. The highest BCUT2D eigenvalue weighted by atomic mass is 16.3. The van der Waals surface area contributed by atoms with Crippen LogP contribution in [0.25, 0.3) is 0 Å². The molecule has 26 heavy (non-hydrogen) atoms. The largest absolute Gasteiger partial charge is 0.472 e. The van der Waals surface area contributed by atoms with Crippen molar-refractivity contribution in [3.63, 3.8) is 0 Å². The molecule has 1 N–H and O–H groups in total. The smallest absolute Gasteiger partial charge is 0.222 e. The van der Waals surface area contributed by atoms with Crippen molar-refractivity contribution in [2.24, 2.45) is 0 Å². The summed E-state index contributed by atoms with van der Waals surface area (Å²) in [7, 11) is 3.97. The van der Waals surface area contributed by atoms with Gasteiger partial charge in [0.2, 0.25) is 5.91 Å². The van der Waals surface area contributed by atoms with E-state index >= 15 is 0 Å². The maximum absolute atomic E-state index is 12.5. The summed E-state index contributed by atoms with van der Waals surface area (Å²) in [5.41, 5.74) is 2.13. The minimum Gasteiger partial charge on any atom is -0.472 e. The fraction of sp³-hybridized carbons (Fsp3) is 0.500. The van der Waals surface area contributed by atoms with E-state index in [1.54, 1.807) is 12.5 Å². The van der Waals surface area contributed by atoms with Crippen LogP contribution < -0.4 is 10.2 Å². The van der Waals surface area contributed by atoms with Crippen molar-refractivity contribution in [1.82, 2.24) is 9.88 Å². The van der Waals surface area contributed by atoms with Crippen LogP contribution in [0.2, 0.25) is 0 Å². The van der Waals surface area contributed by atoms with Gasteiger partial charge in [-0.05, 0) is 49.4 Å². The Morgan fingerprint density at radius 2 is 2.19 bits per heavy atom. The molecule has 0 aromatic carbocycles. The second-order valence-corrected chi connectivity index (χ2v) is 7.08. The number of nitrogens with zero attached hydrogens (tertiary/aromatic N) is 3. The predicted octanol–water partition coefficient (Wildman–Crippen LogP) is 3.17. The molecule has 0 unspecified atom stereocenters. The van der Waals surface area contributed by atoms with Crippen LogP contribution in [0.3, 0.4) is 0 Å². The predicted molar refractivity (Wildman–Crippen MR) is 103 cm³/mol. The number of nitrogens with one attached hydrogen (secondary N) is 1. The highest BCUT2D eigenvalue weighted by molar-refractivity contribution is 5.76. The lowest BCUT2D eigenvalue weighted by Crippen LogP contribution is -2.32. The third kappa shape index (κ3) is 5.00. The molecule has 0 aliphatic carbocycles. The van der Waals surface area contributed by atoms with Crippen LogP contribution in [-0.2, 0) is 11.2 Å². The first-order valence-corrected chi connectivity index (χ1v) is 9.30. The Balaban J connectivity index is 1.47. The first-order valence-electron chi connectivity index (χ1n) is 9.30. The number of pyridine rings is 1. The lowest BCUT2D eigenvalue weighted by molar-refractivity contribution is -0.131. The molecular formula is C20H28N4O2. The van der Waals surface area contributed by atoms with E-state index in [2.05, 4.69) is 16.4 Å². The summed E-state index contributed by atoms with van der Waals surface area (Å²) >= 11 is 0. The number of hydrogen-bond donors (Lipinski definition) is 1. The number of carbonyl (C=O) groups excluding carboxylic acids is 1. The molecular weight excluding hydrogens is 328 g/mol. The average molecular weight is 356 g/mol. The number of aryl methyl sites for hydroxylation is 1. The van der Waals surface area contributed by atoms with Crippen molar-refractivity contribution in [3.05, 3.63) is 42.5 Å². The molecule has 1 fully saturated rings. The van der Waals surface area contributed by atoms with E-state index in [0.29, 0.717) is 12.5 Å². The van der Waals surface area contributed by atoms with Crippen LogP contribution >= 0.6 is 0 Å². The van der Waals surface area contributed by atoms with E-state index in [-0.39, 0.29) is 5.91 Å². The number of likely N-dealkylation sites (tertiary alicyclic amines) is 1. The Kier molecular flexibility index (Phi) is 6.15. The van der Waals surface area contributed by atoms with Crippen molar-refractivity contribution in [3.8, 4) is 0 Å². The van der Waals surface area contributed by atoms with Crippen molar-refractivity contribution in [1.29, 1.82) is 0 Å². The maximum Gasteiger partial charge on any atom is 0.222 e. The monoisotopic (exact) mass is 356 g/mol. The van der Waals surface area contributed by atoms with E-state index in [1.807, 2.05) is 42.2 Å². The normalized spacial score (nSPS) is 17.6. The van der Waals surface area contributed by atoms with Crippen molar-refractivity contribution >= 4 is 17.4 Å². The Hall–Kier alpha value is -2.50. The molecule has 6 heteroatoms. The first-order chi connectivity index (χ1) is 12.6.